The zero-order valence-corrected chi connectivity index (χ0v) is 27.2. The molecule has 0 spiro atoms. The summed E-state index contributed by atoms with van der Waals surface area (Å²) in [6.07, 6.45) is 6.74. The van der Waals surface area contributed by atoms with Crippen LogP contribution in [0, 0.1) is 5.92 Å². The van der Waals surface area contributed by atoms with E-state index in [1.165, 1.54) is 45.3 Å². The number of hydrogen-bond donors (Lipinski definition) is 4. The molecular weight excluding hydrogens is 566 g/mol. The van der Waals surface area contributed by atoms with Gasteiger partial charge in [0.15, 0.2) is 11.5 Å². The topological polar surface area (TPSA) is 104 Å². The predicted molar refractivity (Wildman–Crippen MR) is 183 cm³/mol. The average Bonchev–Trinajstić information content (AvgIpc) is 3.07. The van der Waals surface area contributed by atoms with Crippen LogP contribution in [0.15, 0.2) is 66.7 Å². The summed E-state index contributed by atoms with van der Waals surface area (Å²) in [6.45, 7) is 10.9. The molecule has 0 atom stereocenters. The summed E-state index contributed by atoms with van der Waals surface area (Å²) in [6, 6.07) is 19.9. The Morgan fingerprint density at radius 2 is 1.51 bits per heavy atom. The van der Waals surface area contributed by atoms with E-state index in [4.69, 9.17) is 9.47 Å². The number of piperidine rings is 1. The smallest absolute Gasteiger partial charge is 0.319 e. The molecule has 1 fully saturated rings. The molecule has 9 heteroatoms. The van der Waals surface area contributed by atoms with Crippen LogP contribution in [0.2, 0.25) is 0 Å². The first kappa shape index (κ1) is 33.6. The summed E-state index contributed by atoms with van der Waals surface area (Å²) in [5.41, 5.74) is 2.89. The molecule has 1 aliphatic rings. The summed E-state index contributed by atoms with van der Waals surface area (Å²) in [5.74, 6) is 2.09. The lowest BCUT2D eigenvalue weighted by molar-refractivity contribution is 0.102. The van der Waals surface area contributed by atoms with Crippen LogP contribution in [0.3, 0.4) is 0 Å². The van der Waals surface area contributed by atoms with E-state index in [2.05, 4.69) is 33.1 Å². The van der Waals surface area contributed by atoms with Gasteiger partial charge in [-0.15, -0.1) is 0 Å². The summed E-state index contributed by atoms with van der Waals surface area (Å²) >= 11 is 0. The fourth-order valence-electron chi connectivity index (χ4n) is 5.41. The maximum Gasteiger partial charge on any atom is 0.319 e. The van der Waals surface area contributed by atoms with Crippen molar-refractivity contribution in [1.82, 2.24) is 10.2 Å². The van der Waals surface area contributed by atoms with Gasteiger partial charge < -0.3 is 35.6 Å². The van der Waals surface area contributed by atoms with Crippen LogP contribution in [0.25, 0.3) is 0 Å². The molecule has 3 aromatic carbocycles. The Morgan fingerprint density at radius 3 is 2.16 bits per heavy atom. The van der Waals surface area contributed by atoms with E-state index in [1.807, 2.05) is 38.1 Å². The SMILES string of the molecule is CCCCN1CCC(CNc2ccc(C(=O)Nc3ccc(Oc4ccc(NC(=O)NC(CC)CC)cc4OC)cc3)cc2)CC1. The van der Waals surface area contributed by atoms with Crippen molar-refractivity contribution in [3.8, 4) is 17.2 Å². The van der Waals surface area contributed by atoms with Crippen molar-refractivity contribution in [3.05, 3.63) is 72.3 Å². The van der Waals surface area contributed by atoms with Gasteiger partial charge in [0, 0.05) is 41.3 Å². The van der Waals surface area contributed by atoms with E-state index in [1.54, 1.807) is 49.6 Å². The molecule has 1 saturated heterocycles. The number of amides is 3. The standard InChI is InChI=1S/C36H49N5O4/c1-5-8-21-41-22-19-26(20-23-41)25-37-29-11-9-27(10-12-29)35(42)38-30-13-16-32(17-14-30)45-33-18-15-31(24-34(33)44-4)40-36(43)39-28(6-2)7-3/h9-18,24,26,28,37H,5-8,19-23,25H2,1-4H3,(H,38,42)(H2,39,40,43). The van der Waals surface area contributed by atoms with Gasteiger partial charge in [0.05, 0.1) is 7.11 Å². The number of nitrogens with one attached hydrogen (secondary N) is 4. The molecule has 1 aliphatic heterocycles. The molecular formula is C36H49N5O4. The minimum absolute atomic E-state index is 0.128. The maximum absolute atomic E-state index is 12.9. The van der Waals surface area contributed by atoms with Crippen LogP contribution in [-0.2, 0) is 0 Å². The molecule has 0 bridgehead atoms. The van der Waals surface area contributed by atoms with Crippen LogP contribution < -0.4 is 30.7 Å². The highest BCUT2D eigenvalue weighted by molar-refractivity contribution is 6.04. The Balaban J connectivity index is 1.24. The maximum atomic E-state index is 12.9. The van der Waals surface area contributed by atoms with Gasteiger partial charge >= 0.3 is 6.03 Å². The van der Waals surface area contributed by atoms with Crippen molar-refractivity contribution in [2.45, 2.75) is 65.3 Å². The second-order valence-electron chi connectivity index (χ2n) is 11.7. The molecule has 45 heavy (non-hydrogen) atoms. The molecule has 0 radical (unpaired) electrons. The zero-order valence-electron chi connectivity index (χ0n) is 27.2. The van der Waals surface area contributed by atoms with E-state index >= 15 is 0 Å². The number of hydrogen-bond acceptors (Lipinski definition) is 6. The molecule has 3 amide bonds. The normalized spacial score (nSPS) is 13.7. The average molecular weight is 616 g/mol. The number of nitrogens with zero attached hydrogens (tertiary/aromatic N) is 1. The Hall–Kier alpha value is -4.24. The minimum atomic E-state index is -0.256. The predicted octanol–water partition coefficient (Wildman–Crippen LogP) is 7.97. The van der Waals surface area contributed by atoms with Crippen molar-refractivity contribution in [2.24, 2.45) is 5.92 Å². The van der Waals surface area contributed by atoms with Gasteiger partial charge in [-0.05, 0) is 118 Å². The lowest BCUT2D eigenvalue weighted by Gasteiger charge is -2.32. The number of ether oxygens (including phenoxy) is 2. The first-order chi connectivity index (χ1) is 21.9. The van der Waals surface area contributed by atoms with Crippen LogP contribution in [-0.4, -0.2) is 56.2 Å². The molecule has 1 heterocycles. The van der Waals surface area contributed by atoms with E-state index in [0.29, 0.717) is 40.1 Å². The highest BCUT2D eigenvalue weighted by Gasteiger charge is 2.18. The van der Waals surface area contributed by atoms with Gasteiger partial charge in [-0.1, -0.05) is 27.2 Å². The Bertz CT molecular complexity index is 1350. The van der Waals surface area contributed by atoms with E-state index in [-0.39, 0.29) is 18.0 Å². The molecule has 0 saturated carbocycles. The van der Waals surface area contributed by atoms with Crippen molar-refractivity contribution < 1.29 is 19.1 Å². The van der Waals surface area contributed by atoms with Crippen molar-refractivity contribution in [3.63, 3.8) is 0 Å². The Kier molecular flexibility index (Phi) is 12.9. The van der Waals surface area contributed by atoms with Gasteiger partial charge in [-0.25, -0.2) is 4.79 Å². The van der Waals surface area contributed by atoms with Crippen LogP contribution in [0.5, 0.6) is 17.2 Å². The Morgan fingerprint density at radius 1 is 0.844 bits per heavy atom. The number of urea groups is 1. The molecule has 242 valence electrons. The number of carbonyl (C=O) groups is 2. The third kappa shape index (κ3) is 10.4. The van der Waals surface area contributed by atoms with Gasteiger partial charge in [0.25, 0.3) is 5.91 Å². The number of unbranched alkanes of at least 4 members (excludes halogenated alkanes) is 1. The third-order valence-corrected chi connectivity index (χ3v) is 8.36. The summed E-state index contributed by atoms with van der Waals surface area (Å²) in [4.78, 5) is 27.8. The molecule has 4 N–H and O–H groups in total. The summed E-state index contributed by atoms with van der Waals surface area (Å²) in [5, 5.41) is 12.3. The fraction of sp³-hybridized carbons (Fsp3) is 0.444. The molecule has 9 nitrogen and oxygen atoms in total. The minimum Gasteiger partial charge on any atom is -0.493 e. The van der Waals surface area contributed by atoms with E-state index in [0.717, 1.165) is 25.1 Å². The number of rotatable bonds is 15. The van der Waals surface area contributed by atoms with Crippen LogP contribution in [0.1, 0.15) is 69.7 Å². The number of benzene rings is 3. The molecule has 0 unspecified atom stereocenters. The molecule has 4 rings (SSSR count). The summed E-state index contributed by atoms with van der Waals surface area (Å²) in [7, 11) is 1.55. The molecule has 0 aromatic heterocycles. The lowest BCUT2D eigenvalue weighted by atomic mass is 9.96. The highest BCUT2D eigenvalue weighted by Crippen LogP contribution is 2.34. The van der Waals surface area contributed by atoms with Gasteiger partial charge in [0.2, 0.25) is 0 Å². The van der Waals surface area contributed by atoms with E-state index < -0.39 is 0 Å². The second-order valence-corrected chi connectivity index (χ2v) is 11.7. The first-order valence-corrected chi connectivity index (χ1v) is 16.3. The Labute approximate surface area is 268 Å². The highest BCUT2D eigenvalue weighted by atomic mass is 16.5. The van der Waals surface area contributed by atoms with Gasteiger partial charge in [-0.3, -0.25) is 4.79 Å². The number of anilines is 3. The molecule has 3 aromatic rings. The fourth-order valence-corrected chi connectivity index (χ4v) is 5.41. The lowest BCUT2D eigenvalue weighted by Crippen LogP contribution is -2.37. The number of methoxy groups -OCH3 is 1. The van der Waals surface area contributed by atoms with E-state index in [9.17, 15) is 9.59 Å². The van der Waals surface area contributed by atoms with Crippen LogP contribution in [0.4, 0.5) is 21.9 Å². The number of likely N-dealkylation sites (tertiary alicyclic amines) is 1. The monoisotopic (exact) mass is 615 g/mol. The summed E-state index contributed by atoms with van der Waals surface area (Å²) < 4.78 is 11.5. The third-order valence-electron chi connectivity index (χ3n) is 8.36. The molecule has 0 aliphatic carbocycles. The second kappa shape index (κ2) is 17.3. The van der Waals surface area contributed by atoms with Crippen molar-refractivity contribution >= 4 is 29.0 Å². The quantitative estimate of drug-likeness (QED) is 0.138. The largest absolute Gasteiger partial charge is 0.493 e. The van der Waals surface area contributed by atoms with Crippen LogP contribution >= 0.6 is 0 Å². The first-order valence-electron chi connectivity index (χ1n) is 16.3. The van der Waals surface area contributed by atoms with Gasteiger partial charge in [0.1, 0.15) is 5.75 Å². The number of carbonyl (C=O) groups excluding carboxylic acids is 2. The van der Waals surface area contributed by atoms with Gasteiger partial charge in [-0.2, -0.15) is 0 Å². The van der Waals surface area contributed by atoms with Crippen molar-refractivity contribution in [1.29, 1.82) is 0 Å². The van der Waals surface area contributed by atoms with Crippen molar-refractivity contribution in [2.75, 3.05) is 49.2 Å². The zero-order chi connectivity index (χ0) is 32.0.